The Balaban J connectivity index is 1.62. The van der Waals surface area contributed by atoms with Gasteiger partial charge in [0.2, 0.25) is 0 Å². The van der Waals surface area contributed by atoms with E-state index < -0.39 is 11.6 Å². The van der Waals surface area contributed by atoms with E-state index in [1.807, 2.05) is 65.6 Å². The predicted molar refractivity (Wildman–Crippen MR) is 137 cm³/mol. The van der Waals surface area contributed by atoms with Crippen LogP contribution in [0.15, 0.2) is 102 Å². The van der Waals surface area contributed by atoms with Crippen molar-refractivity contribution in [1.82, 2.24) is 15.2 Å². The second-order valence-corrected chi connectivity index (χ2v) is 8.56. The van der Waals surface area contributed by atoms with Crippen LogP contribution in [0.1, 0.15) is 11.1 Å². The van der Waals surface area contributed by atoms with Crippen molar-refractivity contribution in [2.45, 2.75) is 18.1 Å². The molecule has 174 valence electrons. The van der Waals surface area contributed by atoms with Gasteiger partial charge in [-0.05, 0) is 41.0 Å². The third-order valence-electron chi connectivity index (χ3n) is 5.80. The molecule has 1 N–H and O–H groups in total. The van der Waals surface area contributed by atoms with Crippen molar-refractivity contribution < 1.29 is 8.78 Å². The van der Waals surface area contributed by atoms with Crippen molar-refractivity contribution in [3.8, 4) is 22.4 Å². The molecule has 0 saturated heterocycles. The number of rotatable bonds is 7. The molecule has 0 amide bonds. The van der Waals surface area contributed by atoms with E-state index in [1.54, 1.807) is 24.5 Å². The summed E-state index contributed by atoms with van der Waals surface area (Å²) in [6.07, 6.45) is 3.23. The van der Waals surface area contributed by atoms with Crippen LogP contribution in [0, 0.1) is 11.6 Å². The normalized spacial score (nSPS) is 10.9. The topological polar surface area (TPSA) is 44.8 Å². The molecule has 0 aliphatic carbocycles. The number of hydrogen-bond acceptors (Lipinski definition) is 4. The number of benzene rings is 3. The number of aromatic amines is 1. The number of aromatic nitrogens is 3. The Hall–Kier alpha value is -3.97. The second kappa shape index (κ2) is 10.1. The minimum Gasteiger partial charge on any atom is -0.360 e. The molecule has 2 heterocycles. The molecule has 0 spiro atoms. The van der Waals surface area contributed by atoms with Crippen molar-refractivity contribution >= 4 is 18.3 Å². The standard InChI is InChI=1S/C28H22F2N4S/c29-22-11-12-23(34(17-19-7-3-1-4-8-19)18-20-9-5-2-6-10-20)26(30)25(22)27-24(28(35)33-32-27)21-13-15-31-16-14-21/h1-16H,17-18H2,(H2,32,33,35). The Morgan fingerprint density at radius 2 is 1.34 bits per heavy atom. The molecule has 0 radical (unpaired) electrons. The highest BCUT2D eigenvalue weighted by Gasteiger charge is 2.25. The first-order chi connectivity index (χ1) is 17.1. The minimum absolute atomic E-state index is 0.164. The molecular weight excluding hydrogens is 462 g/mol. The molecule has 0 aliphatic rings. The third kappa shape index (κ3) is 4.81. The third-order valence-corrected chi connectivity index (χ3v) is 6.12. The van der Waals surface area contributed by atoms with Crippen LogP contribution in [0.25, 0.3) is 22.4 Å². The highest BCUT2D eigenvalue weighted by molar-refractivity contribution is 7.80. The second-order valence-electron chi connectivity index (χ2n) is 8.11. The summed E-state index contributed by atoms with van der Waals surface area (Å²) >= 11 is 4.45. The van der Waals surface area contributed by atoms with Crippen LogP contribution in [0.2, 0.25) is 0 Å². The molecule has 5 rings (SSSR count). The van der Waals surface area contributed by atoms with Crippen LogP contribution in [0.4, 0.5) is 14.5 Å². The first kappa shape index (κ1) is 22.8. The fourth-order valence-corrected chi connectivity index (χ4v) is 4.43. The molecule has 0 aliphatic heterocycles. The minimum atomic E-state index is -0.694. The van der Waals surface area contributed by atoms with E-state index in [2.05, 4.69) is 27.8 Å². The number of H-pyrrole nitrogens is 1. The smallest absolute Gasteiger partial charge is 0.158 e. The summed E-state index contributed by atoms with van der Waals surface area (Å²) < 4.78 is 31.4. The van der Waals surface area contributed by atoms with Gasteiger partial charge in [-0.2, -0.15) is 5.10 Å². The number of pyridine rings is 1. The Bertz CT molecular complexity index is 1380. The van der Waals surface area contributed by atoms with E-state index in [4.69, 9.17) is 0 Å². The number of nitrogens with one attached hydrogen (secondary N) is 1. The number of hydrogen-bond donors (Lipinski definition) is 2. The summed E-state index contributed by atoms with van der Waals surface area (Å²) in [6.45, 7) is 0.903. The number of nitrogens with zero attached hydrogens (tertiary/aromatic N) is 3. The maximum Gasteiger partial charge on any atom is 0.158 e. The lowest BCUT2D eigenvalue weighted by Crippen LogP contribution is -2.23. The first-order valence-corrected chi connectivity index (χ1v) is 11.6. The lowest BCUT2D eigenvalue weighted by molar-refractivity contribution is 0.582. The molecule has 7 heteroatoms. The van der Waals surface area contributed by atoms with Gasteiger partial charge in [-0.15, -0.1) is 12.6 Å². The van der Waals surface area contributed by atoms with Crippen LogP contribution >= 0.6 is 12.6 Å². The van der Waals surface area contributed by atoms with Crippen LogP contribution in [-0.2, 0) is 13.1 Å². The Morgan fingerprint density at radius 1 is 0.743 bits per heavy atom. The van der Waals surface area contributed by atoms with Gasteiger partial charge in [0.1, 0.15) is 11.5 Å². The van der Waals surface area contributed by atoms with Crippen LogP contribution in [-0.4, -0.2) is 15.2 Å². The fraction of sp³-hybridized carbons (Fsp3) is 0.0714. The Kier molecular flexibility index (Phi) is 6.59. The van der Waals surface area contributed by atoms with E-state index in [9.17, 15) is 0 Å². The van der Waals surface area contributed by atoms with Gasteiger partial charge in [0.25, 0.3) is 0 Å². The highest BCUT2D eigenvalue weighted by Crippen LogP contribution is 2.40. The largest absolute Gasteiger partial charge is 0.360 e. The number of halogens is 2. The van der Waals surface area contributed by atoms with Crippen LogP contribution in [0.3, 0.4) is 0 Å². The lowest BCUT2D eigenvalue weighted by atomic mass is 10.0. The monoisotopic (exact) mass is 484 g/mol. The zero-order valence-electron chi connectivity index (χ0n) is 18.7. The van der Waals surface area contributed by atoms with E-state index >= 15 is 8.78 Å². The number of anilines is 1. The Morgan fingerprint density at radius 3 is 1.94 bits per heavy atom. The molecule has 35 heavy (non-hydrogen) atoms. The van der Waals surface area contributed by atoms with E-state index in [1.165, 1.54) is 12.1 Å². The van der Waals surface area contributed by atoms with Gasteiger partial charge in [0.05, 0.1) is 16.3 Å². The van der Waals surface area contributed by atoms with E-state index in [0.717, 1.165) is 11.1 Å². The van der Waals surface area contributed by atoms with E-state index in [-0.39, 0.29) is 11.3 Å². The lowest BCUT2D eigenvalue weighted by Gasteiger charge is -2.26. The van der Waals surface area contributed by atoms with E-state index in [0.29, 0.717) is 34.9 Å². The maximum absolute atomic E-state index is 16.2. The summed E-state index contributed by atoms with van der Waals surface area (Å²) in [5.74, 6) is -1.37. The van der Waals surface area contributed by atoms with Gasteiger partial charge >= 0.3 is 0 Å². The van der Waals surface area contributed by atoms with Gasteiger partial charge < -0.3 is 4.90 Å². The molecular formula is C28H22F2N4S. The summed E-state index contributed by atoms with van der Waals surface area (Å²) in [5, 5.41) is 7.41. The van der Waals surface area contributed by atoms with Crippen molar-refractivity contribution in [2.24, 2.45) is 0 Å². The maximum atomic E-state index is 16.2. The molecule has 3 aromatic carbocycles. The van der Waals surface area contributed by atoms with Crippen molar-refractivity contribution in [3.05, 3.63) is 120 Å². The summed E-state index contributed by atoms with van der Waals surface area (Å²) in [6, 6.07) is 25.9. The number of thiol groups is 1. The van der Waals surface area contributed by atoms with Gasteiger partial charge in [-0.3, -0.25) is 10.1 Å². The molecule has 2 aromatic heterocycles. The molecule has 5 aromatic rings. The van der Waals surface area contributed by atoms with Gasteiger partial charge in [0.15, 0.2) is 5.82 Å². The molecule has 0 atom stereocenters. The molecule has 0 unspecified atom stereocenters. The van der Waals surface area contributed by atoms with Crippen molar-refractivity contribution in [1.29, 1.82) is 0 Å². The van der Waals surface area contributed by atoms with Crippen LogP contribution < -0.4 is 4.90 Å². The van der Waals surface area contributed by atoms with Crippen molar-refractivity contribution in [2.75, 3.05) is 4.90 Å². The average Bonchev–Trinajstić information content (AvgIpc) is 3.26. The molecule has 4 nitrogen and oxygen atoms in total. The Labute approximate surface area is 207 Å². The highest BCUT2D eigenvalue weighted by atomic mass is 32.1. The summed E-state index contributed by atoms with van der Waals surface area (Å²) in [4.78, 5) is 5.94. The SMILES string of the molecule is Fc1ccc(N(Cc2ccccc2)Cc2ccccc2)c(F)c1-c1n[nH]c(S)c1-c1ccncc1. The fourth-order valence-electron chi connectivity index (χ4n) is 4.14. The summed E-state index contributed by atoms with van der Waals surface area (Å²) in [7, 11) is 0. The summed E-state index contributed by atoms with van der Waals surface area (Å²) in [5.41, 5.74) is 3.52. The zero-order chi connectivity index (χ0) is 24.2. The van der Waals surface area contributed by atoms with Gasteiger partial charge in [-0.1, -0.05) is 60.7 Å². The van der Waals surface area contributed by atoms with Gasteiger partial charge in [-0.25, -0.2) is 8.78 Å². The molecule has 0 fully saturated rings. The molecule has 0 saturated carbocycles. The quantitative estimate of drug-likeness (QED) is 0.247. The van der Waals surface area contributed by atoms with Crippen molar-refractivity contribution in [3.63, 3.8) is 0 Å². The first-order valence-electron chi connectivity index (χ1n) is 11.1. The van der Waals surface area contributed by atoms with Crippen LogP contribution in [0.5, 0.6) is 0 Å². The zero-order valence-corrected chi connectivity index (χ0v) is 19.6. The van der Waals surface area contributed by atoms with Gasteiger partial charge in [0, 0.05) is 31.0 Å². The predicted octanol–water partition coefficient (Wildman–Crippen LogP) is 6.91. The average molecular weight is 485 g/mol. The molecule has 0 bridgehead atoms.